The molecule has 0 spiro atoms. The molecule has 3 aromatic rings. The molecule has 0 saturated heterocycles. The molecule has 102 valence electrons. The maximum atomic E-state index is 14.1. The highest BCUT2D eigenvalue weighted by molar-refractivity contribution is 6.31. The molecule has 0 aliphatic heterocycles. The van der Waals surface area contributed by atoms with Gasteiger partial charge >= 0.3 is 0 Å². The summed E-state index contributed by atoms with van der Waals surface area (Å²) in [5.74, 6) is -0.475. The zero-order valence-corrected chi connectivity index (χ0v) is 11.4. The van der Waals surface area contributed by atoms with Crippen molar-refractivity contribution in [2.75, 3.05) is 0 Å². The van der Waals surface area contributed by atoms with E-state index in [2.05, 4.69) is 15.4 Å². The molecular formula is C15H8ClFN4. The lowest BCUT2D eigenvalue weighted by Gasteiger charge is -2.06. The predicted molar refractivity (Wildman–Crippen MR) is 76.9 cm³/mol. The quantitative estimate of drug-likeness (QED) is 0.782. The Labute approximate surface area is 124 Å². The van der Waals surface area contributed by atoms with Gasteiger partial charge < -0.3 is 0 Å². The smallest absolute Gasteiger partial charge is 0.190 e. The van der Waals surface area contributed by atoms with E-state index in [1.807, 2.05) is 6.07 Å². The van der Waals surface area contributed by atoms with Gasteiger partial charge in [-0.1, -0.05) is 41.9 Å². The van der Waals surface area contributed by atoms with E-state index in [0.717, 1.165) is 0 Å². The van der Waals surface area contributed by atoms with Crippen LogP contribution in [0.1, 0.15) is 5.69 Å². The number of H-pyrrole nitrogens is 1. The molecule has 0 aliphatic rings. The number of hydrogen-bond donors (Lipinski definition) is 1. The number of nitriles is 1. The molecule has 6 heteroatoms. The average molecular weight is 299 g/mol. The summed E-state index contributed by atoms with van der Waals surface area (Å²) < 4.78 is 14.1. The fourth-order valence-corrected chi connectivity index (χ4v) is 2.25. The fourth-order valence-electron chi connectivity index (χ4n) is 2.07. The summed E-state index contributed by atoms with van der Waals surface area (Å²) in [6.07, 6.45) is 0. The Morgan fingerprint density at radius 1 is 1.10 bits per heavy atom. The lowest BCUT2D eigenvalue weighted by Crippen LogP contribution is -1.88. The summed E-state index contributed by atoms with van der Waals surface area (Å²) in [5, 5.41) is 19.2. The average Bonchev–Trinajstić information content (AvgIpc) is 2.99. The lowest BCUT2D eigenvalue weighted by atomic mass is 10.0. The van der Waals surface area contributed by atoms with Gasteiger partial charge in [-0.25, -0.2) is 4.39 Å². The Morgan fingerprint density at radius 2 is 1.86 bits per heavy atom. The van der Waals surface area contributed by atoms with Crippen molar-refractivity contribution < 1.29 is 4.39 Å². The summed E-state index contributed by atoms with van der Waals surface area (Å²) in [6.45, 7) is 0. The second-order valence-electron chi connectivity index (χ2n) is 4.31. The second-order valence-corrected chi connectivity index (χ2v) is 4.72. The van der Waals surface area contributed by atoms with Gasteiger partial charge in [0, 0.05) is 11.1 Å². The van der Waals surface area contributed by atoms with Crippen LogP contribution in [-0.4, -0.2) is 15.4 Å². The van der Waals surface area contributed by atoms with Gasteiger partial charge in [-0.15, -0.1) is 5.10 Å². The largest absolute Gasteiger partial charge is 0.205 e. The molecule has 0 radical (unpaired) electrons. The van der Waals surface area contributed by atoms with Crippen LogP contribution in [0.4, 0.5) is 4.39 Å². The number of aromatic amines is 1. The van der Waals surface area contributed by atoms with Crippen LogP contribution in [-0.2, 0) is 0 Å². The lowest BCUT2D eigenvalue weighted by molar-refractivity contribution is 0.632. The van der Waals surface area contributed by atoms with Gasteiger partial charge in [0.2, 0.25) is 0 Å². The normalized spacial score (nSPS) is 10.3. The SMILES string of the molecule is N#Cc1n[nH]nc1-c1cccc(-c2cccc(Cl)c2F)c1. The highest BCUT2D eigenvalue weighted by atomic mass is 35.5. The minimum atomic E-state index is -0.475. The van der Waals surface area contributed by atoms with Crippen molar-refractivity contribution in [2.45, 2.75) is 0 Å². The number of halogens is 2. The molecule has 0 amide bonds. The molecular weight excluding hydrogens is 291 g/mol. The predicted octanol–water partition coefficient (Wildman–Crippen LogP) is 3.80. The monoisotopic (exact) mass is 298 g/mol. The maximum absolute atomic E-state index is 14.1. The van der Waals surface area contributed by atoms with E-state index in [1.165, 1.54) is 6.07 Å². The van der Waals surface area contributed by atoms with E-state index in [9.17, 15) is 4.39 Å². The van der Waals surface area contributed by atoms with E-state index in [0.29, 0.717) is 22.4 Å². The van der Waals surface area contributed by atoms with Gasteiger partial charge in [-0.05, 0) is 17.7 Å². The van der Waals surface area contributed by atoms with Crippen molar-refractivity contribution >= 4 is 11.6 Å². The van der Waals surface area contributed by atoms with E-state index >= 15 is 0 Å². The first-order valence-corrected chi connectivity index (χ1v) is 6.44. The van der Waals surface area contributed by atoms with E-state index in [4.69, 9.17) is 16.9 Å². The van der Waals surface area contributed by atoms with E-state index in [-0.39, 0.29) is 10.7 Å². The van der Waals surface area contributed by atoms with Crippen LogP contribution >= 0.6 is 11.6 Å². The molecule has 0 aliphatic carbocycles. The summed E-state index contributed by atoms with van der Waals surface area (Å²) in [5.41, 5.74) is 2.35. The Bertz CT molecular complexity index is 851. The van der Waals surface area contributed by atoms with Crippen molar-refractivity contribution in [3.05, 3.63) is 59.0 Å². The molecule has 0 bridgehead atoms. The first kappa shape index (κ1) is 13.3. The fraction of sp³-hybridized carbons (Fsp3) is 0. The van der Waals surface area contributed by atoms with Crippen LogP contribution in [0, 0.1) is 17.1 Å². The van der Waals surface area contributed by atoms with E-state index < -0.39 is 5.82 Å². The molecule has 1 N–H and O–H groups in total. The first-order valence-electron chi connectivity index (χ1n) is 6.06. The van der Waals surface area contributed by atoms with Crippen LogP contribution in [0.15, 0.2) is 42.5 Å². The Kier molecular flexibility index (Phi) is 3.38. The molecule has 1 heterocycles. The van der Waals surface area contributed by atoms with Crippen molar-refractivity contribution in [2.24, 2.45) is 0 Å². The highest BCUT2D eigenvalue weighted by Gasteiger charge is 2.13. The van der Waals surface area contributed by atoms with Crippen LogP contribution in [0.25, 0.3) is 22.4 Å². The molecule has 2 aromatic carbocycles. The van der Waals surface area contributed by atoms with Crippen LogP contribution in [0.2, 0.25) is 5.02 Å². The number of aromatic nitrogens is 3. The topological polar surface area (TPSA) is 65.4 Å². The van der Waals surface area contributed by atoms with Crippen molar-refractivity contribution in [3.63, 3.8) is 0 Å². The molecule has 4 nitrogen and oxygen atoms in total. The Hall–Kier alpha value is -2.71. The van der Waals surface area contributed by atoms with Gasteiger partial charge in [-0.3, -0.25) is 0 Å². The zero-order chi connectivity index (χ0) is 14.8. The summed E-state index contributed by atoms with van der Waals surface area (Å²) in [7, 11) is 0. The summed E-state index contributed by atoms with van der Waals surface area (Å²) >= 11 is 5.81. The van der Waals surface area contributed by atoms with Gasteiger partial charge in [0.05, 0.1) is 5.02 Å². The zero-order valence-electron chi connectivity index (χ0n) is 10.6. The number of hydrogen-bond acceptors (Lipinski definition) is 3. The molecule has 1 aromatic heterocycles. The first-order chi connectivity index (χ1) is 10.2. The number of rotatable bonds is 2. The number of nitrogens with one attached hydrogen (secondary N) is 1. The minimum Gasteiger partial charge on any atom is -0.205 e. The van der Waals surface area contributed by atoms with Crippen molar-refractivity contribution in [1.82, 2.24) is 15.4 Å². The molecule has 0 unspecified atom stereocenters. The third-order valence-corrected chi connectivity index (χ3v) is 3.34. The molecule has 0 saturated carbocycles. The molecule has 3 rings (SSSR count). The minimum absolute atomic E-state index is 0.0667. The van der Waals surface area contributed by atoms with Gasteiger partial charge in [-0.2, -0.15) is 15.6 Å². The highest BCUT2D eigenvalue weighted by Crippen LogP contribution is 2.30. The van der Waals surface area contributed by atoms with E-state index in [1.54, 1.807) is 36.4 Å². The third-order valence-electron chi connectivity index (χ3n) is 3.05. The number of nitrogens with zero attached hydrogens (tertiary/aromatic N) is 3. The summed E-state index contributed by atoms with van der Waals surface area (Å²) in [4.78, 5) is 0. The van der Waals surface area contributed by atoms with Crippen LogP contribution < -0.4 is 0 Å². The van der Waals surface area contributed by atoms with Crippen molar-refractivity contribution in [1.29, 1.82) is 5.26 Å². The standard InChI is InChI=1S/C15H8ClFN4/c16-12-6-2-5-11(14(12)17)9-3-1-4-10(7-9)15-13(8-18)19-21-20-15/h1-7H,(H,19,20,21). The Morgan fingerprint density at radius 3 is 2.67 bits per heavy atom. The third kappa shape index (κ3) is 2.37. The van der Waals surface area contributed by atoms with Crippen LogP contribution in [0.5, 0.6) is 0 Å². The second kappa shape index (κ2) is 5.35. The molecule has 0 atom stereocenters. The van der Waals surface area contributed by atoms with Gasteiger partial charge in [0.1, 0.15) is 17.6 Å². The van der Waals surface area contributed by atoms with Gasteiger partial charge in [0.15, 0.2) is 5.69 Å². The Balaban J connectivity index is 2.13. The van der Waals surface area contributed by atoms with Crippen LogP contribution in [0.3, 0.4) is 0 Å². The van der Waals surface area contributed by atoms with Gasteiger partial charge in [0.25, 0.3) is 0 Å². The summed E-state index contributed by atoms with van der Waals surface area (Å²) in [6, 6.07) is 13.8. The molecule has 21 heavy (non-hydrogen) atoms. The molecule has 0 fully saturated rings. The number of benzene rings is 2. The maximum Gasteiger partial charge on any atom is 0.190 e. The van der Waals surface area contributed by atoms with Crippen molar-refractivity contribution in [3.8, 4) is 28.5 Å².